The van der Waals surface area contributed by atoms with Crippen LogP contribution in [0.3, 0.4) is 0 Å². The van der Waals surface area contributed by atoms with Crippen molar-refractivity contribution in [1.29, 1.82) is 0 Å². The highest BCUT2D eigenvalue weighted by Gasteiger charge is 2.07. The number of benzene rings is 3. The summed E-state index contributed by atoms with van der Waals surface area (Å²) < 4.78 is 12.9. The van der Waals surface area contributed by atoms with Crippen molar-refractivity contribution in [3.63, 3.8) is 0 Å². The molecule has 1 nitrogen and oxygen atoms in total. The zero-order valence-electron chi connectivity index (χ0n) is 13.4. The van der Waals surface area contributed by atoms with E-state index < -0.39 is 6.10 Å². The Kier molecular flexibility index (Phi) is 5.27. The highest BCUT2D eigenvalue weighted by molar-refractivity contribution is 5.49. The quantitative estimate of drug-likeness (QED) is 0.661. The summed E-state index contributed by atoms with van der Waals surface area (Å²) in [5.74, 6) is 11.5. The fourth-order valence-corrected chi connectivity index (χ4v) is 2.27. The lowest BCUT2D eigenvalue weighted by atomic mass is 10.0. The lowest BCUT2D eigenvalue weighted by Crippen LogP contribution is -1.97. The van der Waals surface area contributed by atoms with Crippen LogP contribution in [0.15, 0.2) is 78.9 Å². The number of halogens is 1. The first-order valence-corrected chi connectivity index (χ1v) is 7.83. The maximum Gasteiger partial charge on any atom is 0.141 e. The zero-order chi connectivity index (χ0) is 17.5. The van der Waals surface area contributed by atoms with E-state index in [-0.39, 0.29) is 5.82 Å². The van der Waals surface area contributed by atoms with Crippen LogP contribution in [0.25, 0.3) is 0 Å². The monoisotopic (exact) mass is 326 g/mol. The van der Waals surface area contributed by atoms with Gasteiger partial charge in [0.1, 0.15) is 11.9 Å². The van der Waals surface area contributed by atoms with Crippen LogP contribution in [0.2, 0.25) is 0 Å². The van der Waals surface area contributed by atoms with E-state index in [9.17, 15) is 9.50 Å². The molecule has 0 saturated heterocycles. The Balaban J connectivity index is 1.86. The van der Waals surface area contributed by atoms with E-state index >= 15 is 0 Å². The molecule has 0 heterocycles. The molecule has 0 aliphatic carbocycles. The molecule has 3 aromatic rings. The van der Waals surface area contributed by atoms with Gasteiger partial charge in [0, 0.05) is 22.3 Å². The highest BCUT2D eigenvalue weighted by atomic mass is 19.1. The maximum absolute atomic E-state index is 12.9. The van der Waals surface area contributed by atoms with Crippen molar-refractivity contribution in [3.8, 4) is 23.7 Å². The van der Waals surface area contributed by atoms with Crippen molar-refractivity contribution in [2.24, 2.45) is 0 Å². The number of hydrogen-bond acceptors (Lipinski definition) is 1. The molecule has 120 valence electrons. The molecule has 0 bridgehead atoms. The normalized spacial score (nSPS) is 10.8. The lowest BCUT2D eigenvalue weighted by molar-refractivity contribution is 0.238. The zero-order valence-corrected chi connectivity index (χ0v) is 13.4. The van der Waals surface area contributed by atoms with Gasteiger partial charge in [0.25, 0.3) is 0 Å². The Morgan fingerprint density at radius 1 is 0.680 bits per heavy atom. The molecule has 0 aromatic heterocycles. The van der Waals surface area contributed by atoms with Gasteiger partial charge in [-0.15, -0.1) is 0 Å². The molecule has 2 heteroatoms. The largest absolute Gasteiger partial charge is 0.376 e. The molecule has 0 radical (unpaired) electrons. The standard InChI is InChI=1S/C23H15FO/c24-21-15-11-19(12-16-21)10-14-20-8-4-5-9-22(20)23(25)17-13-18-6-2-1-3-7-18/h1-9,11-12,15-16,23,25H. The van der Waals surface area contributed by atoms with E-state index in [1.807, 2.05) is 48.5 Å². The van der Waals surface area contributed by atoms with Crippen LogP contribution in [0, 0.1) is 29.5 Å². The third kappa shape index (κ3) is 4.58. The SMILES string of the molecule is OC(C#Cc1ccccc1)c1ccccc1C#Cc1ccc(F)cc1. The summed E-state index contributed by atoms with van der Waals surface area (Å²) in [6.07, 6.45) is -0.932. The molecule has 0 saturated carbocycles. The minimum atomic E-state index is -0.932. The number of aliphatic hydroxyl groups is 1. The molecule has 0 aliphatic heterocycles. The summed E-state index contributed by atoms with van der Waals surface area (Å²) >= 11 is 0. The van der Waals surface area contributed by atoms with Gasteiger partial charge in [-0.2, -0.15) is 0 Å². The van der Waals surface area contributed by atoms with Crippen molar-refractivity contribution in [2.75, 3.05) is 0 Å². The second-order valence-corrected chi connectivity index (χ2v) is 5.38. The fraction of sp³-hybridized carbons (Fsp3) is 0.0435. The Morgan fingerprint density at radius 2 is 1.32 bits per heavy atom. The van der Waals surface area contributed by atoms with Gasteiger partial charge in [-0.25, -0.2) is 4.39 Å². The van der Waals surface area contributed by atoms with Crippen molar-refractivity contribution in [1.82, 2.24) is 0 Å². The summed E-state index contributed by atoms with van der Waals surface area (Å²) in [5, 5.41) is 10.4. The Hall–Kier alpha value is -3.33. The second-order valence-electron chi connectivity index (χ2n) is 5.38. The Labute approximate surface area is 146 Å². The molecule has 0 fully saturated rings. The van der Waals surface area contributed by atoms with Crippen molar-refractivity contribution in [3.05, 3.63) is 107 Å². The first kappa shape index (κ1) is 16.5. The molecule has 0 amide bonds. The predicted molar refractivity (Wildman–Crippen MR) is 97.1 cm³/mol. The molecule has 0 spiro atoms. The van der Waals surface area contributed by atoms with Crippen LogP contribution in [0.1, 0.15) is 28.4 Å². The van der Waals surface area contributed by atoms with Gasteiger partial charge in [-0.05, 0) is 42.5 Å². The van der Waals surface area contributed by atoms with E-state index in [0.717, 1.165) is 5.56 Å². The van der Waals surface area contributed by atoms with Gasteiger partial charge in [-0.1, -0.05) is 60.1 Å². The molecule has 3 aromatic carbocycles. The summed E-state index contributed by atoms with van der Waals surface area (Å²) in [6, 6.07) is 22.8. The first-order valence-electron chi connectivity index (χ1n) is 7.83. The average Bonchev–Trinajstić information content (AvgIpc) is 2.67. The molecular weight excluding hydrogens is 311 g/mol. The van der Waals surface area contributed by atoms with Gasteiger partial charge in [0.2, 0.25) is 0 Å². The molecule has 0 aliphatic rings. The second kappa shape index (κ2) is 7.97. The summed E-state index contributed by atoms with van der Waals surface area (Å²) in [6.45, 7) is 0. The van der Waals surface area contributed by atoms with Gasteiger partial charge in [0.15, 0.2) is 0 Å². The van der Waals surface area contributed by atoms with Crippen LogP contribution in [-0.2, 0) is 0 Å². The van der Waals surface area contributed by atoms with E-state index in [1.165, 1.54) is 12.1 Å². The Morgan fingerprint density at radius 3 is 2.08 bits per heavy atom. The van der Waals surface area contributed by atoms with E-state index in [4.69, 9.17) is 0 Å². The van der Waals surface area contributed by atoms with Crippen LogP contribution in [0.4, 0.5) is 4.39 Å². The molecule has 25 heavy (non-hydrogen) atoms. The van der Waals surface area contributed by atoms with Gasteiger partial charge in [-0.3, -0.25) is 0 Å². The van der Waals surface area contributed by atoms with Crippen molar-refractivity contribution < 1.29 is 9.50 Å². The first-order chi connectivity index (χ1) is 12.2. The van der Waals surface area contributed by atoms with E-state index in [2.05, 4.69) is 23.7 Å². The third-order valence-electron chi connectivity index (χ3n) is 3.57. The minimum absolute atomic E-state index is 0.294. The van der Waals surface area contributed by atoms with Crippen LogP contribution in [-0.4, -0.2) is 5.11 Å². The van der Waals surface area contributed by atoms with E-state index in [1.54, 1.807) is 18.2 Å². The summed E-state index contributed by atoms with van der Waals surface area (Å²) in [7, 11) is 0. The maximum atomic E-state index is 12.9. The van der Waals surface area contributed by atoms with Gasteiger partial charge >= 0.3 is 0 Å². The summed E-state index contributed by atoms with van der Waals surface area (Å²) in [5.41, 5.74) is 2.90. The molecular formula is C23H15FO. The lowest BCUT2D eigenvalue weighted by Gasteiger charge is -2.06. The van der Waals surface area contributed by atoms with Crippen molar-refractivity contribution in [2.45, 2.75) is 6.10 Å². The molecule has 1 unspecified atom stereocenters. The molecule has 3 rings (SSSR count). The van der Waals surface area contributed by atoms with Gasteiger partial charge in [0.05, 0.1) is 0 Å². The topological polar surface area (TPSA) is 20.2 Å². The van der Waals surface area contributed by atoms with Gasteiger partial charge < -0.3 is 5.11 Å². The van der Waals surface area contributed by atoms with Crippen molar-refractivity contribution >= 4 is 0 Å². The predicted octanol–water partition coefficient (Wildman–Crippen LogP) is 4.31. The Bertz CT molecular complexity index is 968. The smallest absolute Gasteiger partial charge is 0.141 e. The average molecular weight is 326 g/mol. The molecule has 1 N–H and O–H groups in total. The number of hydrogen-bond donors (Lipinski definition) is 1. The van der Waals surface area contributed by atoms with Crippen LogP contribution >= 0.6 is 0 Å². The summed E-state index contributed by atoms with van der Waals surface area (Å²) in [4.78, 5) is 0. The van der Waals surface area contributed by atoms with Crippen LogP contribution < -0.4 is 0 Å². The number of rotatable bonds is 1. The molecule has 1 atom stereocenters. The highest BCUT2D eigenvalue weighted by Crippen LogP contribution is 2.17. The number of aliphatic hydroxyl groups excluding tert-OH is 1. The third-order valence-corrected chi connectivity index (χ3v) is 3.57. The van der Waals surface area contributed by atoms with Crippen LogP contribution in [0.5, 0.6) is 0 Å². The minimum Gasteiger partial charge on any atom is -0.376 e. The van der Waals surface area contributed by atoms with E-state index in [0.29, 0.717) is 16.7 Å². The fourth-order valence-electron chi connectivity index (χ4n) is 2.27.